The van der Waals surface area contributed by atoms with Gasteiger partial charge in [0.25, 0.3) is 15.7 Å². The molecule has 0 fully saturated rings. The SMILES string of the molecule is NC(=NS(=O)(=O)C=Cc1ccc([N+](=O)[O-])cc1)c1ccc(N)cc1. The third-order valence-corrected chi connectivity index (χ3v) is 3.90. The first kappa shape index (κ1) is 17.2. The summed E-state index contributed by atoms with van der Waals surface area (Å²) in [5.41, 5.74) is 12.6. The molecule has 0 atom stereocenters. The van der Waals surface area contributed by atoms with Gasteiger partial charge in [-0.2, -0.15) is 8.42 Å². The molecule has 0 heterocycles. The molecule has 8 nitrogen and oxygen atoms in total. The predicted molar refractivity (Wildman–Crippen MR) is 92.6 cm³/mol. The zero-order valence-electron chi connectivity index (χ0n) is 12.4. The van der Waals surface area contributed by atoms with Gasteiger partial charge in [0.15, 0.2) is 0 Å². The summed E-state index contributed by atoms with van der Waals surface area (Å²) < 4.78 is 27.4. The van der Waals surface area contributed by atoms with E-state index in [2.05, 4.69) is 4.40 Å². The maximum absolute atomic E-state index is 11.9. The maximum Gasteiger partial charge on any atom is 0.277 e. The second-order valence-corrected chi connectivity index (χ2v) is 6.25. The van der Waals surface area contributed by atoms with Gasteiger partial charge in [-0.05, 0) is 48.0 Å². The number of sulfonamides is 1. The van der Waals surface area contributed by atoms with E-state index in [0.29, 0.717) is 16.8 Å². The molecule has 0 saturated heterocycles. The molecule has 0 aliphatic heterocycles. The van der Waals surface area contributed by atoms with Gasteiger partial charge in [-0.25, -0.2) is 0 Å². The zero-order chi connectivity index (χ0) is 17.7. The van der Waals surface area contributed by atoms with Crippen LogP contribution < -0.4 is 11.5 Å². The Morgan fingerprint density at radius 2 is 1.67 bits per heavy atom. The number of benzene rings is 2. The molecule has 124 valence electrons. The number of anilines is 1. The van der Waals surface area contributed by atoms with E-state index in [-0.39, 0.29) is 11.5 Å². The van der Waals surface area contributed by atoms with Gasteiger partial charge in [-0.15, -0.1) is 4.40 Å². The summed E-state index contributed by atoms with van der Waals surface area (Å²) in [5, 5.41) is 11.4. The number of nitro benzene ring substituents is 1. The number of hydrogen-bond donors (Lipinski definition) is 2. The van der Waals surface area contributed by atoms with E-state index in [4.69, 9.17) is 11.5 Å². The van der Waals surface area contributed by atoms with Gasteiger partial charge >= 0.3 is 0 Å². The van der Waals surface area contributed by atoms with Crippen molar-refractivity contribution in [3.05, 3.63) is 75.2 Å². The van der Waals surface area contributed by atoms with E-state index < -0.39 is 14.9 Å². The summed E-state index contributed by atoms with van der Waals surface area (Å²) in [6.07, 6.45) is 1.28. The average molecular weight is 346 g/mol. The molecular weight excluding hydrogens is 332 g/mol. The summed E-state index contributed by atoms with van der Waals surface area (Å²) in [4.78, 5) is 10.0. The number of nitrogens with zero attached hydrogens (tertiary/aromatic N) is 2. The van der Waals surface area contributed by atoms with E-state index >= 15 is 0 Å². The topological polar surface area (TPSA) is 142 Å². The van der Waals surface area contributed by atoms with Crippen LogP contribution in [0.25, 0.3) is 6.08 Å². The Kier molecular flexibility index (Phi) is 4.95. The Morgan fingerprint density at radius 3 is 2.21 bits per heavy atom. The summed E-state index contributed by atoms with van der Waals surface area (Å²) in [7, 11) is -3.95. The molecule has 2 aromatic carbocycles. The molecule has 0 aliphatic carbocycles. The lowest BCUT2D eigenvalue weighted by Crippen LogP contribution is -2.15. The number of hydrogen-bond acceptors (Lipinski definition) is 5. The minimum absolute atomic E-state index is 0.0828. The molecule has 0 bridgehead atoms. The van der Waals surface area contributed by atoms with Crippen molar-refractivity contribution in [3.63, 3.8) is 0 Å². The second kappa shape index (κ2) is 6.92. The molecular formula is C15H14N4O4S. The fraction of sp³-hybridized carbons (Fsp3) is 0. The van der Waals surface area contributed by atoms with Crippen LogP contribution in [0.3, 0.4) is 0 Å². The van der Waals surface area contributed by atoms with Crippen molar-refractivity contribution in [2.24, 2.45) is 10.1 Å². The van der Waals surface area contributed by atoms with Gasteiger partial charge in [0, 0.05) is 23.4 Å². The first-order valence-electron chi connectivity index (χ1n) is 6.66. The van der Waals surface area contributed by atoms with Crippen molar-refractivity contribution in [1.82, 2.24) is 0 Å². The van der Waals surface area contributed by atoms with Crippen LogP contribution in [-0.2, 0) is 10.0 Å². The Balaban J connectivity index is 2.19. The van der Waals surface area contributed by atoms with Crippen molar-refractivity contribution in [3.8, 4) is 0 Å². The molecule has 0 radical (unpaired) electrons. The first-order chi connectivity index (χ1) is 11.3. The molecule has 24 heavy (non-hydrogen) atoms. The third-order valence-electron chi connectivity index (χ3n) is 2.97. The molecule has 0 unspecified atom stereocenters. The number of non-ortho nitro benzene ring substituents is 1. The van der Waals surface area contributed by atoms with Crippen LogP contribution in [0.2, 0.25) is 0 Å². The highest BCUT2D eigenvalue weighted by Crippen LogP contribution is 2.14. The minimum atomic E-state index is -3.95. The second-order valence-electron chi connectivity index (χ2n) is 4.76. The third kappa shape index (κ3) is 4.65. The number of nitrogens with two attached hydrogens (primary N) is 2. The lowest BCUT2D eigenvalue weighted by molar-refractivity contribution is -0.384. The fourth-order valence-electron chi connectivity index (χ4n) is 1.75. The molecule has 0 spiro atoms. The largest absolute Gasteiger partial charge is 0.399 e. The molecule has 2 rings (SSSR count). The summed E-state index contributed by atoms with van der Waals surface area (Å²) in [5.74, 6) is -0.164. The van der Waals surface area contributed by atoms with Gasteiger partial charge < -0.3 is 11.5 Å². The number of amidine groups is 1. The van der Waals surface area contributed by atoms with Crippen LogP contribution in [0.1, 0.15) is 11.1 Å². The molecule has 0 aromatic heterocycles. The van der Waals surface area contributed by atoms with E-state index in [9.17, 15) is 18.5 Å². The summed E-state index contributed by atoms with van der Waals surface area (Å²) in [6, 6.07) is 11.7. The van der Waals surface area contributed by atoms with Gasteiger partial charge in [-0.1, -0.05) is 0 Å². The van der Waals surface area contributed by atoms with Crippen molar-refractivity contribution >= 4 is 33.3 Å². The molecule has 9 heteroatoms. The predicted octanol–water partition coefficient (Wildman–Crippen LogP) is 1.88. The van der Waals surface area contributed by atoms with Crippen LogP contribution in [0.5, 0.6) is 0 Å². The zero-order valence-corrected chi connectivity index (χ0v) is 13.2. The van der Waals surface area contributed by atoms with Crippen LogP contribution in [0, 0.1) is 10.1 Å². The molecule has 0 saturated carbocycles. The Hall–Kier alpha value is -3.20. The van der Waals surface area contributed by atoms with E-state index in [0.717, 1.165) is 5.41 Å². The Labute approximate surface area is 138 Å². The van der Waals surface area contributed by atoms with Gasteiger partial charge in [-0.3, -0.25) is 10.1 Å². The average Bonchev–Trinajstić information content (AvgIpc) is 2.53. The quantitative estimate of drug-likeness (QED) is 0.278. The highest BCUT2D eigenvalue weighted by atomic mass is 32.2. The standard InChI is InChI=1S/C15H14N4O4S/c16-13-5-3-12(4-6-13)15(17)18-24(22,23)10-9-11-1-7-14(8-2-11)19(20)21/h1-10H,16H2,(H2,17,18). The van der Waals surface area contributed by atoms with Crippen molar-refractivity contribution in [2.45, 2.75) is 0 Å². The highest BCUT2D eigenvalue weighted by Gasteiger charge is 2.07. The maximum atomic E-state index is 11.9. The Morgan fingerprint density at radius 1 is 1.08 bits per heavy atom. The molecule has 0 aliphatic rings. The lowest BCUT2D eigenvalue weighted by Gasteiger charge is -2.00. The fourth-order valence-corrected chi connectivity index (χ4v) is 2.52. The summed E-state index contributed by atoms with van der Waals surface area (Å²) in [6.45, 7) is 0. The minimum Gasteiger partial charge on any atom is -0.399 e. The van der Waals surface area contributed by atoms with E-state index in [1.54, 1.807) is 24.3 Å². The van der Waals surface area contributed by atoms with Gasteiger partial charge in [0.1, 0.15) is 5.84 Å². The highest BCUT2D eigenvalue weighted by molar-refractivity contribution is 7.93. The smallest absolute Gasteiger partial charge is 0.277 e. The van der Waals surface area contributed by atoms with Crippen molar-refractivity contribution in [1.29, 1.82) is 0 Å². The van der Waals surface area contributed by atoms with Crippen LogP contribution >= 0.6 is 0 Å². The van der Waals surface area contributed by atoms with Gasteiger partial charge in [0.2, 0.25) is 0 Å². The van der Waals surface area contributed by atoms with Crippen molar-refractivity contribution in [2.75, 3.05) is 5.73 Å². The van der Waals surface area contributed by atoms with Crippen LogP contribution in [-0.4, -0.2) is 19.2 Å². The van der Waals surface area contributed by atoms with Crippen LogP contribution in [0.4, 0.5) is 11.4 Å². The monoisotopic (exact) mass is 346 g/mol. The number of nitrogen functional groups attached to an aromatic ring is 1. The molecule has 0 amide bonds. The summed E-state index contributed by atoms with van der Waals surface area (Å²) >= 11 is 0. The first-order valence-corrected chi connectivity index (χ1v) is 8.16. The van der Waals surface area contributed by atoms with E-state index in [1.807, 2.05) is 0 Å². The Bertz CT molecular complexity index is 901. The number of nitro groups is 1. The van der Waals surface area contributed by atoms with Gasteiger partial charge in [0.05, 0.1) is 10.3 Å². The van der Waals surface area contributed by atoms with E-state index in [1.165, 1.54) is 30.3 Å². The number of rotatable bonds is 5. The molecule has 2 aromatic rings. The van der Waals surface area contributed by atoms with Crippen molar-refractivity contribution < 1.29 is 13.3 Å². The normalized spacial score (nSPS) is 12.4. The molecule has 4 N–H and O–H groups in total. The lowest BCUT2D eigenvalue weighted by atomic mass is 10.2. The van der Waals surface area contributed by atoms with Crippen LogP contribution in [0.15, 0.2) is 58.3 Å².